The van der Waals surface area contributed by atoms with Crippen LogP contribution >= 0.6 is 11.6 Å². The molecule has 158 valence electrons. The van der Waals surface area contributed by atoms with Crippen LogP contribution in [-0.2, 0) is 13.2 Å². The lowest BCUT2D eigenvalue weighted by Crippen LogP contribution is -2.48. The Balaban J connectivity index is 1.34. The van der Waals surface area contributed by atoms with E-state index in [1.165, 1.54) is 11.1 Å². The molecule has 1 aliphatic heterocycles. The third-order valence-electron chi connectivity index (χ3n) is 5.58. The Morgan fingerprint density at radius 3 is 2.50 bits per heavy atom. The molecule has 0 spiro atoms. The van der Waals surface area contributed by atoms with E-state index in [0.29, 0.717) is 30.5 Å². The number of rotatable bonds is 5. The van der Waals surface area contributed by atoms with Crippen molar-refractivity contribution in [3.8, 4) is 0 Å². The highest BCUT2D eigenvalue weighted by Crippen LogP contribution is 2.19. The van der Waals surface area contributed by atoms with E-state index in [1.54, 1.807) is 15.4 Å². The summed E-state index contributed by atoms with van der Waals surface area (Å²) < 4.78 is 3.51. The van der Waals surface area contributed by atoms with Crippen molar-refractivity contribution in [1.82, 2.24) is 29.4 Å². The first-order valence-corrected chi connectivity index (χ1v) is 10.6. The van der Waals surface area contributed by atoms with Gasteiger partial charge < -0.3 is 4.90 Å². The van der Waals surface area contributed by atoms with Crippen molar-refractivity contribution in [3.63, 3.8) is 0 Å². The first-order valence-electron chi connectivity index (χ1n) is 10.2. The minimum absolute atomic E-state index is 0.0182. The van der Waals surface area contributed by atoms with Crippen molar-refractivity contribution in [2.75, 3.05) is 26.2 Å². The molecular weight excluding hydrogens is 400 g/mol. The zero-order chi connectivity index (χ0) is 21.3. The molecule has 7 nitrogen and oxygen atoms in total. The number of aryl methyl sites for hydroxylation is 2. The fourth-order valence-electron chi connectivity index (χ4n) is 3.84. The quantitative estimate of drug-likeness (QED) is 0.629. The molecule has 1 fully saturated rings. The van der Waals surface area contributed by atoms with Crippen LogP contribution in [0.15, 0.2) is 36.5 Å². The second kappa shape index (κ2) is 8.62. The Hall–Kier alpha value is -2.64. The molecular formula is C22H27ClN6O. The molecule has 0 radical (unpaired) electrons. The lowest BCUT2D eigenvalue weighted by molar-refractivity contribution is 0.0621. The average molecular weight is 427 g/mol. The molecule has 0 unspecified atom stereocenters. The summed E-state index contributed by atoms with van der Waals surface area (Å²) in [4.78, 5) is 17.2. The van der Waals surface area contributed by atoms with E-state index in [0.717, 1.165) is 31.0 Å². The van der Waals surface area contributed by atoms with Crippen molar-refractivity contribution in [3.05, 3.63) is 69.8 Å². The maximum absolute atomic E-state index is 12.9. The number of nitrogens with zero attached hydrogens (tertiary/aromatic N) is 6. The summed E-state index contributed by atoms with van der Waals surface area (Å²) in [5, 5.41) is 9.55. The molecule has 0 bridgehead atoms. The Kier molecular flexibility index (Phi) is 5.92. The van der Waals surface area contributed by atoms with Crippen molar-refractivity contribution in [1.29, 1.82) is 0 Å². The van der Waals surface area contributed by atoms with Crippen LogP contribution in [0.5, 0.6) is 0 Å². The molecule has 0 aliphatic carbocycles. The van der Waals surface area contributed by atoms with Gasteiger partial charge in [0.25, 0.3) is 5.91 Å². The van der Waals surface area contributed by atoms with E-state index in [4.69, 9.17) is 11.6 Å². The summed E-state index contributed by atoms with van der Waals surface area (Å²) in [6, 6.07) is 10.4. The second-order valence-electron chi connectivity index (χ2n) is 7.92. The van der Waals surface area contributed by atoms with Gasteiger partial charge in [-0.25, -0.2) is 4.68 Å². The molecule has 1 aromatic carbocycles. The number of carbonyl (C=O) groups is 1. The van der Waals surface area contributed by atoms with Crippen molar-refractivity contribution in [2.45, 2.75) is 34.0 Å². The van der Waals surface area contributed by atoms with E-state index in [1.807, 2.05) is 24.9 Å². The number of hydrogen-bond acceptors (Lipinski definition) is 4. The second-order valence-corrected chi connectivity index (χ2v) is 8.30. The van der Waals surface area contributed by atoms with Gasteiger partial charge in [-0.1, -0.05) is 41.4 Å². The summed E-state index contributed by atoms with van der Waals surface area (Å²) in [6.45, 7) is 10.4. The zero-order valence-electron chi connectivity index (χ0n) is 17.7. The van der Waals surface area contributed by atoms with Gasteiger partial charge in [0.15, 0.2) is 0 Å². The van der Waals surface area contributed by atoms with E-state index < -0.39 is 0 Å². The Morgan fingerprint density at radius 2 is 1.83 bits per heavy atom. The third kappa shape index (κ3) is 4.42. The first kappa shape index (κ1) is 20.6. The molecule has 4 rings (SSSR count). The minimum Gasteiger partial charge on any atom is -0.335 e. The van der Waals surface area contributed by atoms with Crippen LogP contribution < -0.4 is 0 Å². The lowest BCUT2D eigenvalue weighted by atomic mass is 10.1. The largest absolute Gasteiger partial charge is 0.335 e. The van der Waals surface area contributed by atoms with E-state index >= 15 is 0 Å². The molecule has 0 N–H and O–H groups in total. The van der Waals surface area contributed by atoms with Crippen LogP contribution in [-0.4, -0.2) is 61.4 Å². The summed E-state index contributed by atoms with van der Waals surface area (Å²) in [7, 11) is 0. The SMILES string of the molecule is Cc1cccc(CN2CCN(C(=O)c3ccn(Cn4nc(C)c(Cl)c4C)n3)CC2)c1. The number of hydrogen-bond donors (Lipinski definition) is 0. The van der Waals surface area contributed by atoms with Gasteiger partial charge in [0.05, 0.1) is 16.4 Å². The first-order chi connectivity index (χ1) is 14.4. The van der Waals surface area contributed by atoms with E-state index in [9.17, 15) is 4.79 Å². The topological polar surface area (TPSA) is 59.2 Å². The molecule has 1 amide bonds. The van der Waals surface area contributed by atoms with Crippen molar-refractivity contribution >= 4 is 17.5 Å². The van der Waals surface area contributed by atoms with Gasteiger partial charge in [-0.15, -0.1) is 0 Å². The highest BCUT2D eigenvalue weighted by atomic mass is 35.5. The Bertz CT molecular complexity index is 1050. The van der Waals surface area contributed by atoms with Crippen molar-refractivity contribution in [2.24, 2.45) is 0 Å². The summed E-state index contributed by atoms with van der Waals surface area (Å²) in [6.07, 6.45) is 1.81. The predicted octanol–water partition coefficient (Wildman–Crippen LogP) is 3.12. The smallest absolute Gasteiger partial charge is 0.274 e. The number of halogens is 1. The molecule has 0 saturated carbocycles. The van der Waals surface area contributed by atoms with Crippen LogP contribution in [0, 0.1) is 20.8 Å². The molecule has 30 heavy (non-hydrogen) atoms. The number of aromatic nitrogens is 4. The summed E-state index contributed by atoms with van der Waals surface area (Å²) in [5.41, 5.74) is 4.75. The maximum atomic E-state index is 12.9. The molecule has 1 aliphatic rings. The zero-order valence-corrected chi connectivity index (χ0v) is 18.4. The number of carbonyl (C=O) groups excluding carboxylic acids is 1. The van der Waals surface area contributed by atoms with Gasteiger partial charge in [-0.05, 0) is 32.4 Å². The number of piperazine rings is 1. The molecule has 3 heterocycles. The van der Waals surface area contributed by atoms with Gasteiger partial charge in [-0.2, -0.15) is 10.2 Å². The molecule has 2 aromatic heterocycles. The third-order valence-corrected chi connectivity index (χ3v) is 6.13. The monoisotopic (exact) mass is 426 g/mol. The highest BCUT2D eigenvalue weighted by Gasteiger charge is 2.24. The van der Waals surface area contributed by atoms with E-state index in [2.05, 4.69) is 46.3 Å². The highest BCUT2D eigenvalue weighted by molar-refractivity contribution is 6.31. The van der Waals surface area contributed by atoms with Crippen molar-refractivity contribution < 1.29 is 4.79 Å². The van der Waals surface area contributed by atoms with Gasteiger partial charge in [0, 0.05) is 38.9 Å². The van der Waals surface area contributed by atoms with Gasteiger partial charge in [0.2, 0.25) is 0 Å². The summed E-state index contributed by atoms with van der Waals surface area (Å²) >= 11 is 6.21. The van der Waals surface area contributed by atoms with E-state index in [-0.39, 0.29) is 5.91 Å². The van der Waals surface area contributed by atoms with Crippen LogP contribution in [0.1, 0.15) is 33.0 Å². The fourth-order valence-corrected chi connectivity index (χ4v) is 3.98. The van der Waals surface area contributed by atoms with Crippen LogP contribution in [0.2, 0.25) is 5.02 Å². The minimum atomic E-state index is -0.0182. The summed E-state index contributed by atoms with van der Waals surface area (Å²) in [5.74, 6) is -0.0182. The molecule has 3 aromatic rings. The van der Waals surface area contributed by atoms with Crippen LogP contribution in [0.4, 0.5) is 0 Å². The molecule has 8 heteroatoms. The lowest BCUT2D eigenvalue weighted by Gasteiger charge is -2.34. The molecule has 0 atom stereocenters. The van der Waals surface area contributed by atoms with Gasteiger partial charge >= 0.3 is 0 Å². The molecule has 1 saturated heterocycles. The average Bonchev–Trinajstić information content (AvgIpc) is 3.29. The van der Waals surface area contributed by atoms with Crippen LogP contribution in [0.25, 0.3) is 0 Å². The fraction of sp³-hybridized carbons (Fsp3) is 0.409. The standard InChI is InChI=1S/C22H27ClN6O/c1-16-5-4-6-19(13-16)14-26-9-11-27(12-10-26)22(30)20-7-8-28(25-20)15-29-18(3)21(23)17(2)24-29/h4-8,13H,9-12,14-15H2,1-3H3. The Labute approximate surface area is 181 Å². The van der Waals surface area contributed by atoms with Crippen LogP contribution in [0.3, 0.4) is 0 Å². The normalized spacial score (nSPS) is 15.0. The van der Waals surface area contributed by atoms with Gasteiger partial charge in [-0.3, -0.25) is 14.4 Å². The Morgan fingerprint density at radius 1 is 1.07 bits per heavy atom. The number of amides is 1. The maximum Gasteiger partial charge on any atom is 0.274 e. The van der Waals surface area contributed by atoms with Gasteiger partial charge in [0.1, 0.15) is 12.4 Å². The number of benzene rings is 1. The predicted molar refractivity (Wildman–Crippen MR) is 117 cm³/mol.